The Balaban J connectivity index is 1.51. The minimum absolute atomic E-state index is 0.0560. The summed E-state index contributed by atoms with van der Waals surface area (Å²) >= 11 is 0. The molecule has 2 aromatic carbocycles. The molecule has 4 rings (SSSR count). The second-order valence-electron chi connectivity index (χ2n) is 6.93. The third-order valence-corrected chi connectivity index (χ3v) is 4.53. The maximum absolute atomic E-state index is 13.6. The maximum Gasteiger partial charge on any atom is 0.418 e. The van der Waals surface area contributed by atoms with Gasteiger partial charge >= 0.3 is 6.18 Å². The van der Waals surface area contributed by atoms with Crippen LogP contribution in [0.2, 0.25) is 0 Å². The zero-order valence-corrected chi connectivity index (χ0v) is 16.8. The smallest absolute Gasteiger partial charge is 0.418 e. The van der Waals surface area contributed by atoms with Gasteiger partial charge in [0.1, 0.15) is 0 Å². The van der Waals surface area contributed by atoms with Crippen LogP contribution in [0.5, 0.6) is 0 Å². The molecule has 168 valence electrons. The molecule has 0 radical (unpaired) electrons. The molecule has 2 N–H and O–H groups in total. The van der Waals surface area contributed by atoms with Gasteiger partial charge < -0.3 is 15.1 Å². The van der Waals surface area contributed by atoms with E-state index in [4.69, 9.17) is 4.42 Å². The van der Waals surface area contributed by atoms with Gasteiger partial charge in [-0.25, -0.2) is 4.68 Å². The van der Waals surface area contributed by atoms with Crippen molar-refractivity contribution in [1.29, 1.82) is 0 Å². The van der Waals surface area contributed by atoms with Crippen LogP contribution in [-0.2, 0) is 12.7 Å². The largest absolute Gasteiger partial charge is 0.459 e. The van der Waals surface area contributed by atoms with E-state index in [1.807, 2.05) is 30.3 Å². The number of amides is 2. The quantitative estimate of drug-likeness (QED) is 0.448. The molecule has 0 saturated carbocycles. The summed E-state index contributed by atoms with van der Waals surface area (Å²) < 4.78 is 47.2. The first-order valence-corrected chi connectivity index (χ1v) is 9.61. The van der Waals surface area contributed by atoms with Crippen molar-refractivity contribution in [3.63, 3.8) is 0 Å². The number of alkyl halides is 3. The number of furan rings is 1. The van der Waals surface area contributed by atoms with E-state index < -0.39 is 29.2 Å². The van der Waals surface area contributed by atoms with Crippen LogP contribution in [0, 0.1) is 0 Å². The van der Waals surface area contributed by atoms with Crippen molar-refractivity contribution in [1.82, 2.24) is 15.0 Å². The first-order chi connectivity index (χ1) is 15.8. The van der Waals surface area contributed by atoms with E-state index in [2.05, 4.69) is 20.9 Å². The average Bonchev–Trinajstić information content (AvgIpc) is 3.47. The van der Waals surface area contributed by atoms with Gasteiger partial charge in [-0.15, -0.1) is 5.10 Å². The van der Waals surface area contributed by atoms with Crippen molar-refractivity contribution >= 4 is 23.2 Å². The Kier molecular flexibility index (Phi) is 5.94. The number of carbonyl (C=O) groups is 2. The van der Waals surface area contributed by atoms with Crippen molar-refractivity contribution in [2.24, 2.45) is 0 Å². The summed E-state index contributed by atoms with van der Waals surface area (Å²) in [4.78, 5) is 24.5. The van der Waals surface area contributed by atoms with Crippen LogP contribution in [0.3, 0.4) is 0 Å². The Hall–Kier alpha value is -4.41. The van der Waals surface area contributed by atoms with Crippen molar-refractivity contribution < 1.29 is 27.2 Å². The number of anilines is 2. The molecule has 0 aliphatic carbocycles. The molecular formula is C22H16F3N5O3. The minimum Gasteiger partial charge on any atom is -0.459 e. The number of benzene rings is 2. The molecule has 2 aromatic heterocycles. The monoisotopic (exact) mass is 455 g/mol. The molecule has 2 amide bonds. The lowest BCUT2D eigenvalue weighted by molar-refractivity contribution is -0.136. The number of hydrogen-bond acceptors (Lipinski definition) is 5. The Morgan fingerprint density at radius 1 is 0.970 bits per heavy atom. The van der Waals surface area contributed by atoms with Gasteiger partial charge in [0.05, 0.1) is 30.3 Å². The van der Waals surface area contributed by atoms with Gasteiger partial charge in [0.2, 0.25) is 0 Å². The van der Waals surface area contributed by atoms with Gasteiger partial charge in [0.15, 0.2) is 11.5 Å². The molecule has 33 heavy (non-hydrogen) atoms. The molecule has 2 heterocycles. The lowest BCUT2D eigenvalue weighted by Gasteiger charge is -2.15. The highest BCUT2D eigenvalue weighted by atomic mass is 19.4. The molecule has 0 unspecified atom stereocenters. The van der Waals surface area contributed by atoms with E-state index in [-0.39, 0.29) is 17.1 Å². The van der Waals surface area contributed by atoms with Crippen LogP contribution in [0.15, 0.2) is 77.5 Å². The number of aromatic nitrogens is 3. The van der Waals surface area contributed by atoms with Crippen molar-refractivity contribution in [2.75, 3.05) is 10.6 Å². The lowest BCUT2D eigenvalue weighted by Crippen LogP contribution is -2.18. The Labute approximate surface area is 185 Å². The predicted molar refractivity (Wildman–Crippen MR) is 112 cm³/mol. The summed E-state index contributed by atoms with van der Waals surface area (Å²) in [6.45, 7) is 0.346. The number of nitrogens with one attached hydrogen (secondary N) is 2. The summed E-state index contributed by atoms with van der Waals surface area (Å²) in [6.07, 6.45) is -2.18. The summed E-state index contributed by atoms with van der Waals surface area (Å²) in [7, 11) is 0. The Morgan fingerprint density at radius 3 is 2.45 bits per heavy atom. The number of halogens is 3. The highest BCUT2D eigenvalue weighted by Gasteiger charge is 2.34. The van der Waals surface area contributed by atoms with E-state index in [1.54, 1.807) is 0 Å². The SMILES string of the molecule is O=C(Nc1ccc(NC(=O)c2ccco2)cc1C(F)(F)F)c1cn(Cc2ccccc2)nn1. The van der Waals surface area contributed by atoms with Crippen LogP contribution >= 0.6 is 0 Å². The van der Waals surface area contributed by atoms with Crippen LogP contribution < -0.4 is 10.6 Å². The second kappa shape index (κ2) is 8.99. The van der Waals surface area contributed by atoms with Gasteiger partial charge in [0, 0.05) is 5.69 Å². The van der Waals surface area contributed by atoms with Gasteiger partial charge in [-0.3, -0.25) is 9.59 Å². The van der Waals surface area contributed by atoms with E-state index in [9.17, 15) is 22.8 Å². The standard InChI is InChI=1S/C22H16F3N5O3/c23-22(24,25)16-11-15(26-21(32)19-7-4-10-33-19)8-9-17(16)27-20(31)18-13-30(29-28-18)12-14-5-2-1-3-6-14/h1-11,13H,12H2,(H,26,32)(H,27,31). The molecule has 0 atom stereocenters. The summed E-state index contributed by atoms with van der Waals surface area (Å²) in [6, 6.07) is 15.1. The fourth-order valence-corrected chi connectivity index (χ4v) is 3.00. The third-order valence-electron chi connectivity index (χ3n) is 4.53. The first-order valence-electron chi connectivity index (χ1n) is 9.61. The van der Waals surface area contributed by atoms with E-state index >= 15 is 0 Å². The molecular weight excluding hydrogens is 439 g/mol. The molecule has 8 nitrogen and oxygen atoms in total. The molecule has 0 bridgehead atoms. The van der Waals surface area contributed by atoms with E-state index in [1.165, 1.54) is 35.3 Å². The van der Waals surface area contributed by atoms with Crippen molar-refractivity contribution in [2.45, 2.75) is 12.7 Å². The number of carbonyl (C=O) groups excluding carboxylic acids is 2. The topological polar surface area (TPSA) is 102 Å². The first kappa shape index (κ1) is 21.8. The number of nitrogens with zero attached hydrogens (tertiary/aromatic N) is 3. The average molecular weight is 455 g/mol. The van der Waals surface area contributed by atoms with Crippen molar-refractivity contribution in [3.05, 3.63) is 95.7 Å². The highest BCUT2D eigenvalue weighted by molar-refractivity contribution is 6.04. The molecule has 0 fully saturated rings. The summed E-state index contributed by atoms with van der Waals surface area (Å²) in [5, 5.41) is 12.1. The van der Waals surface area contributed by atoms with Crippen LogP contribution in [0.1, 0.15) is 32.2 Å². The Bertz CT molecular complexity index is 1270. The fourth-order valence-electron chi connectivity index (χ4n) is 3.00. The molecule has 0 spiro atoms. The summed E-state index contributed by atoms with van der Waals surface area (Å²) in [5.74, 6) is -1.62. The maximum atomic E-state index is 13.6. The van der Waals surface area contributed by atoms with Crippen molar-refractivity contribution in [3.8, 4) is 0 Å². The van der Waals surface area contributed by atoms with Crippen LogP contribution in [0.4, 0.5) is 24.5 Å². The summed E-state index contributed by atoms with van der Waals surface area (Å²) in [5.41, 5.74) is -0.962. The molecule has 11 heteroatoms. The predicted octanol–water partition coefficient (Wildman–Crippen LogP) is 4.44. The number of hydrogen-bond donors (Lipinski definition) is 2. The van der Waals surface area contributed by atoms with Crippen LogP contribution in [-0.4, -0.2) is 26.8 Å². The normalized spacial score (nSPS) is 11.2. The van der Waals surface area contributed by atoms with Gasteiger partial charge in [-0.1, -0.05) is 35.5 Å². The Morgan fingerprint density at radius 2 is 1.76 bits per heavy atom. The minimum atomic E-state index is -4.79. The van der Waals surface area contributed by atoms with Gasteiger partial charge in [-0.05, 0) is 35.9 Å². The molecule has 0 aliphatic rings. The van der Waals surface area contributed by atoms with Gasteiger partial charge in [-0.2, -0.15) is 13.2 Å². The van der Waals surface area contributed by atoms with Crippen LogP contribution in [0.25, 0.3) is 0 Å². The fraction of sp³-hybridized carbons (Fsp3) is 0.0909. The molecule has 4 aromatic rings. The van der Waals surface area contributed by atoms with Gasteiger partial charge in [0.25, 0.3) is 11.8 Å². The lowest BCUT2D eigenvalue weighted by atomic mass is 10.1. The molecule has 0 saturated heterocycles. The zero-order valence-electron chi connectivity index (χ0n) is 16.8. The van der Waals surface area contributed by atoms with E-state index in [0.717, 1.165) is 17.7 Å². The zero-order chi connectivity index (χ0) is 23.4. The number of rotatable bonds is 6. The highest BCUT2D eigenvalue weighted by Crippen LogP contribution is 2.37. The molecule has 0 aliphatic heterocycles. The van der Waals surface area contributed by atoms with E-state index in [0.29, 0.717) is 6.54 Å². The second-order valence-corrected chi connectivity index (χ2v) is 6.93. The third kappa shape index (κ3) is 5.26.